The molecule has 6 heteroatoms. The molecule has 106 valence electrons. The molecule has 0 atom stereocenters. The smallest absolute Gasteiger partial charge is 0.132 e. The number of fused-ring (bicyclic) bond motifs is 1. The van der Waals surface area contributed by atoms with Gasteiger partial charge in [0.2, 0.25) is 0 Å². The molecule has 3 aromatic heterocycles. The number of pyridine rings is 1. The van der Waals surface area contributed by atoms with Crippen LogP contribution in [0.2, 0.25) is 5.15 Å². The van der Waals surface area contributed by atoms with Crippen molar-refractivity contribution in [3.8, 4) is 11.3 Å². The lowest BCUT2D eigenvalue weighted by atomic mass is 10.2. The molecule has 20 heavy (non-hydrogen) atoms. The van der Waals surface area contributed by atoms with E-state index in [4.69, 9.17) is 11.6 Å². The van der Waals surface area contributed by atoms with E-state index in [0.29, 0.717) is 5.15 Å². The van der Waals surface area contributed by atoms with Gasteiger partial charge in [0.05, 0.1) is 11.7 Å². The van der Waals surface area contributed by atoms with Gasteiger partial charge < -0.3 is 0 Å². The van der Waals surface area contributed by atoms with Gasteiger partial charge in [0.1, 0.15) is 16.4 Å². The van der Waals surface area contributed by atoms with Crippen LogP contribution in [0.3, 0.4) is 0 Å². The third-order valence-electron chi connectivity index (χ3n) is 2.93. The van der Waals surface area contributed by atoms with Crippen LogP contribution in [0.25, 0.3) is 22.3 Å². The van der Waals surface area contributed by atoms with Crippen molar-refractivity contribution in [3.05, 3.63) is 29.2 Å². The SMILES string of the molecule is CC.Cc1cc2c(nc1Cl)c(-c1cnn(C)c1)nn2C. The van der Waals surface area contributed by atoms with Crippen molar-refractivity contribution >= 4 is 22.6 Å². The van der Waals surface area contributed by atoms with Crippen LogP contribution in [-0.4, -0.2) is 24.5 Å². The largest absolute Gasteiger partial charge is 0.275 e. The van der Waals surface area contributed by atoms with Crippen molar-refractivity contribution in [2.24, 2.45) is 14.1 Å². The van der Waals surface area contributed by atoms with Crippen LogP contribution < -0.4 is 0 Å². The number of aryl methyl sites for hydroxylation is 3. The molecule has 0 bridgehead atoms. The molecule has 0 saturated carbocycles. The molecule has 0 spiro atoms. The second-order valence-electron chi connectivity index (χ2n) is 4.34. The molecule has 0 aliphatic heterocycles. The van der Waals surface area contributed by atoms with Gasteiger partial charge >= 0.3 is 0 Å². The van der Waals surface area contributed by atoms with Gasteiger partial charge in [0.15, 0.2) is 0 Å². The Kier molecular flexibility index (Phi) is 4.09. The third kappa shape index (κ3) is 2.41. The van der Waals surface area contributed by atoms with Gasteiger partial charge in [-0.15, -0.1) is 0 Å². The monoisotopic (exact) mass is 291 g/mol. The Morgan fingerprint density at radius 3 is 2.50 bits per heavy atom. The minimum Gasteiger partial charge on any atom is -0.275 e. The zero-order valence-electron chi connectivity index (χ0n) is 12.3. The van der Waals surface area contributed by atoms with Crippen molar-refractivity contribution in [1.29, 1.82) is 0 Å². The van der Waals surface area contributed by atoms with E-state index >= 15 is 0 Å². The lowest BCUT2D eigenvalue weighted by molar-refractivity contribution is 0.767. The maximum atomic E-state index is 6.09. The molecule has 0 fully saturated rings. The van der Waals surface area contributed by atoms with Gasteiger partial charge in [0.25, 0.3) is 0 Å². The van der Waals surface area contributed by atoms with E-state index in [1.165, 1.54) is 0 Å². The van der Waals surface area contributed by atoms with Crippen molar-refractivity contribution in [3.63, 3.8) is 0 Å². The standard InChI is InChI=1S/C12H12ClN5.C2H6/c1-7-4-9-11(15-12(7)13)10(16-18(9)3)8-5-14-17(2)6-8;1-2/h4-6H,1-3H3;1-2H3. The van der Waals surface area contributed by atoms with Crippen molar-refractivity contribution in [2.45, 2.75) is 20.8 Å². The number of nitrogens with zero attached hydrogens (tertiary/aromatic N) is 5. The molecule has 0 N–H and O–H groups in total. The van der Waals surface area contributed by atoms with Crippen LogP contribution >= 0.6 is 11.6 Å². The molecular weight excluding hydrogens is 274 g/mol. The summed E-state index contributed by atoms with van der Waals surface area (Å²) in [7, 11) is 3.77. The molecule has 0 radical (unpaired) electrons. The number of aromatic nitrogens is 5. The van der Waals surface area contributed by atoms with Gasteiger partial charge in [0, 0.05) is 25.9 Å². The van der Waals surface area contributed by atoms with Crippen molar-refractivity contribution in [2.75, 3.05) is 0 Å². The molecule has 0 saturated heterocycles. The first-order valence-corrected chi connectivity index (χ1v) is 6.93. The van der Waals surface area contributed by atoms with E-state index in [1.54, 1.807) is 10.9 Å². The normalized spacial score (nSPS) is 10.5. The zero-order valence-corrected chi connectivity index (χ0v) is 13.1. The Balaban J connectivity index is 0.000000704. The zero-order chi connectivity index (χ0) is 14.9. The molecule has 0 unspecified atom stereocenters. The summed E-state index contributed by atoms with van der Waals surface area (Å²) in [5.41, 5.74) is 4.47. The van der Waals surface area contributed by atoms with Crippen molar-refractivity contribution < 1.29 is 0 Å². The van der Waals surface area contributed by atoms with Gasteiger partial charge in [-0.2, -0.15) is 10.2 Å². The maximum Gasteiger partial charge on any atom is 0.132 e. The van der Waals surface area contributed by atoms with Crippen molar-refractivity contribution in [1.82, 2.24) is 24.5 Å². The predicted octanol–water partition coefficient (Wildman–Crippen LogP) is 3.36. The van der Waals surface area contributed by atoms with Crippen LogP contribution in [0.4, 0.5) is 0 Å². The molecule has 3 rings (SSSR count). The Labute approximate surface area is 123 Å². The van der Waals surface area contributed by atoms with Gasteiger partial charge in [-0.05, 0) is 18.6 Å². The Hall–Kier alpha value is -1.88. The predicted molar refractivity (Wildman–Crippen MR) is 81.8 cm³/mol. The highest BCUT2D eigenvalue weighted by atomic mass is 35.5. The Morgan fingerprint density at radius 1 is 1.20 bits per heavy atom. The van der Waals surface area contributed by atoms with E-state index in [1.807, 2.05) is 51.8 Å². The molecular formula is C14H18ClN5. The molecule has 0 aromatic carbocycles. The Bertz CT molecular complexity index is 741. The maximum absolute atomic E-state index is 6.09. The summed E-state index contributed by atoms with van der Waals surface area (Å²) >= 11 is 6.09. The van der Waals surface area contributed by atoms with Crippen LogP contribution in [0, 0.1) is 6.92 Å². The fraction of sp³-hybridized carbons (Fsp3) is 0.357. The summed E-state index contributed by atoms with van der Waals surface area (Å²) in [6, 6.07) is 2.00. The average molecular weight is 292 g/mol. The Morgan fingerprint density at radius 2 is 1.90 bits per heavy atom. The summed E-state index contributed by atoms with van der Waals surface area (Å²) in [6.45, 7) is 5.94. The third-order valence-corrected chi connectivity index (χ3v) is 3.32. The summed E-state index contributed by atoms with van der Waals surface area (Å²) < 4.78 is 3.56. The summed E-state index contributed by atoms with van der Waals surface area (Å²) in [6.07, 6.45) is 3.69. The van der Waals surface area contributed by atoms with Gasteiger partial charge in [-0.3, -0.25) is 9.36 Å². The number of halogens is 1. The molecule has 0 aliphatic carbocycles. The summed E-state index contributed by atoms with van der Waals surface area (Å²) in [4.78, 5) is 4.43. The number of hydrogen-bond acceptors (Lipinski definition) is 3. The topological polar surface area (TPSA) is 48.5 Å². The second kappa shape index (κ2) is 5.63. The number of rotatable bonds is 1. The first-order valence-electron chi connectivity index (χ1n) is 6.55. The molecule has 0 aliphatic rings. The highest BCUT2D eigenvalue weighted by Gasteiger charge is 2.15. The van der Waals surface area contributed by atoms with Crippen LogP contribution in [-0.2, 0) is 14.1 Å². The lowest BCUT2D eigenvalue weighted by Crippen LogP contribution is -1.90. The van der Waals surface area contributed by atoms with Crippen LogP contribution in [0.15, 0.2) is 18.5 Å². The molecule has 0 amide bonds. The minimum absolute atomic E-state index is 0.514. The lowest BCUT2D eigenvalue weighted by Gasteiger charge is -1.98. The van der Waals surface area contributed by atoms with Gasteiger partial charge in [-0.1, -0.05) is 25.4 Å². The van der Waals surface area contributed by atoms with E-state index < -0.39 is 0 Å². The summed E-state index contributed by atoms with van der Waals surface area (Å²) in [5.74, 6) is 0. The molecule has 3 aromatic rings. The fourth-order valence-electron chi connectivity index (χ4n) is 1.99. The van der Waals surface area contributed by atoms with Crippen LogP contribution in [0.5, 0.6) is 0 Å². The van der Waals surface area contributed by atoms with Gasteiger partial charge in [-0.25, -0.2) is 4.98 Å². The highest BCUT2D eigenvalue weighted by Crippen LogP contribution is 2.28. The van der Waals surface area contributed by atoms with E-state index in [-0.39, 0.29) is 0 Å². The average Bonchev–Trinajstić information content (AvgIpc) is 2.98. The highest BCUT2D eigenvalue weighted by molar-refractivity contribution is 6.30. The van der Waals surface area contributed by atoms with E-state index in [0.717, 1.165) is 27.9 Å². The first-order chi connectivity index (χ1) is 9.56. The van der Waals surface area contributed by atoms with E-state index in [9.17, 15) is 0 Å². The molecule has 5 nitrogen and oxygen atoms in total. The van der Waals surface area contributed by atoms with Crippen LogP contribution in [0.1, 0.15) is 19.4 Å². The van der Waals surface area contributed by atoms with E-state index in [2.05, 4.69) is 15.2 Å². The first kappa shape index (κ1) is 14.5. The minimum atomic E-state index is 0.514. The fourth-order valence-corrected chi connectivity index (χ4v) is 2.13. The number of hydrogen-bond donors (Lipinski definition) is 0. The quantitative estimate of drug-likeness (QED) is 0.646. The molecule has 3 heterocycles. The second-order valence-corrected chi connectivity index (χ2v) is 4.70. The summed E-state index contributed by atoms with van der Waals surface area (Å²) in [5, 5.41) is 9.17.